The lowest BCUT2D eigenvalue weighted by Gasteiger charge is -2.19. The number of nitrogens with zero attached hydrogens (tertiary/aromatic N) is 2. The molecule has 3 heterocycles. The number of aromatic nitrogens is 2. The first-order valence-electron chi connectivity index (χ1n) is 6.73. The van der Waals surface area contributed by atoms with E-state index in [9.17, 15) is 9.90 Å². The molecule has 0 amide bonds. The zero-order valence-electron chi connectivity index (χ0n) is 10.4. The number of imidazole rings is 1. The quantitative estimate of drug-likeness (QED) is 0.838. The van der Waals surface area contributed by atoms with E-state index in [1.165, 1.54) is 6.42 Å². The number of aryl methyl sites for hydroxylation is 1. The van der Waals surface area contributed by atoms with Crippen LogP contribution in [0, 0.1) is 5.92 Å². The fourth-order valence-electron chi connectivity index (χ4n) is 3.05. The molecule has 2 aliphatic heterocycles. The van der Waals surface area contributed by atoms with Gasteiger partial charge in [-0.2, -0.15) is 0 Å². The number of carboxylic acids is 1. The minimum absolute atomic E-state index is 0.408. The average Bonchev–Trinajstić information content (AvgIpc) is 2.96. The fourth-order valence-corrected chi connectivity index (χ4v) is 3.05. The number of fused-ring (bicyclic) bond motifs is 1. The van der Waals surface area contributed by atoms with Gasteiger partial charge in [-0.25, -0.2) is 4.98 Å². The summed E-state index contributed by atoms with van der Waals surface area (Å²) in [7, 11) is 0. The fraction of sp³-hybridized carbons (Fsp3) is 0.692. The highest BCUT2D eigenvalue weighted by molar-refractivity contribution is 5.75. The normalized spacial score (nSPS) is 27.1. The molecule has 2 unspecified atom stereocenters. The molecule has 1 aromatic heterocycles. The highest BCUT2D eigenvalue weighted by Crippen LogP contribution is 2.27. The molecular formula is C13H19N3O2. The Morgan fingerprint density at radius 3 is 3.17 bits per heavy atom. The van der Waals surface area contributed by atoms with Crippen LogP contribution in [-0.4, -0.2) is 33.7 Å². The van der Waals surface area contributed by atoms with Crippen molar-refractivity contribution in [3.8, 4) is 0 Å². The van der Waals surface area contributed by atoms with Gasteiger partial charge in [-0.15, -0.1) is 0 Å². The number of nitrogens with one attached hydrogen (secondary N) is 1. The topological polar surface area (TPSA) is 67.2 Å². The Morgan fingerprint density at radius 1 is 1.56 bits per heavy atom. The molecule has 1 aromatic rings. The van der Waals surface area contributed by atoms with Gasteiger partial charge in [0.1, 0.15) is 11.7 Å². The van der Waals surface area contributed by atoms with E-state index in [0.717, 1.165) is 50.4 Å². The minimum atomic E-state index is -0.740. The Kier molecular flexibility index (Phi) is 3.07. The summed E-state index contributed by atoms with van der Waals surface area (Å²) in [6.45, 7) is 3.07. The van der Waals surface area contributed by atoms with Crippen LogP contribution in [0.2, 0.25) is 0 Å². The summed E-state index contributed by atoms with van der Waals surface area (Å²) in [5.41, 5.74) is 1.06. The van der Waals surface area contributed by atoms with E-state index in [2.05, 4.69) is 16.5 Å². The Bertz CT molecular complexity index is 449. The lowest BCUT2D eigenvalue weighted by molar-refractivity contribution is -0.139. The van der Waals surface area contributed by atoms with E-state index < -0.39 is 11.9 Å². The molecule has 2 atom stereocenters. The maximum Gasteiger partial charge on any atom is 0.314 e. The van der Waals surface area contributed by atoms with Gasteiger partial charge in [0.2, 0.25) is 0 Å². The maximum absolute atomic E-state index is 11.2. The third-order valence-electron chi connectivity index (χ3n) is 4.02. The molecule has 1 saturated heterocycles. The Labute approximate surface area is 106 Å². The van der Waals surface area contributed by atoms with Gasteiger partial charge in [0.05, 0.1) is 5.69 Å². The summed E-state index contributed by atoms with van der Waals surface area (Å²) in [5, 5.41) is 12.6. The van der Waals surface area contributed by atoms with E-state index in [-0.39, 0.29) is 0 Å². The van der Waals surface area contributed by atoms with Crippen molar-refractivity contribution in [1.29, 1.82) is 0 Å². The molecule has 3 rings (SSSR count). The van der Waals surface area contributed by atoms with Crippen molar-refractivity contribution in [1.82, 2.24) is 14.9 Å². The second-order valence-electron chi connectivity index (χ2n) is 5.38. The zero-order chi connectivity index (χ0) is 12.5. The third kappa shape index (κ3) is 2.14. The molecule has 0 aromatic carbocycles. The molecule has 0 radical (unpaired) electrons. The molecule has 2 N–H and O–H groups in total. The number of carboxylic acid groups (broad SMARTS) is 1. The van der Waals surface area contributed by atoms with Crippen LogP contribution in [0.3, 0.4) is 0 Å². The van der Waals surface area contributed by atoms with Crippen molar-refractivity contribution in [3.05, 3.63) is 17.7 Å². The molecule has 5 heteroatoms. The molecule has 0 aliphatic carbocycles. The predicted octanol–water partition coefficient (Wildman–Crippen LogP) is 0.997. The van der Waals surface area contributed by atoms with Crippen LogP contribution < -0.4 is 5.32 Å². The van der Waals surface area contributed by atoms with E-state index >= 15 is 0 Å². The number of hydrogen-bond donors (Lipinski definition) is 2. The molecule has 1 fully saturated rings. The van der Waals surface area contributed by atoms with Crippen molar-refractivity contribution in [3.63, 3.8) is 0 Å². The van der Waals surface area contributed by atoms with Crippen molar-refractivity contribution < 1.29 is 9.90 Å². The highest BCUT2D eigenvalue weighted by Gasteiger charge is 2.29. The van der Waals surface area contributed by atoms with Gasteiger partial charge in [0.15, 0.2) is 0 Å². The molecule has 0 saturated carbocycles. The van der Waals surface area contributed by atoms with Gasteiger partial charge in [-0.1, -0.05) is 0 Å². The summed E-state index contributed by atoms with van der Waals surface area (Å²) in [4.78, 5) is 15.8. The van der Waals surface area contributed by atoms with Gasteiger partial charge in [0, 0.05) is 12.7 Å². The van der Waals surface area contributed by atoms with Crippen LogP contribution in [0.1, 0.15) is 36.7 Å². The maximum atomic E-state index is 11.2. The van der Waals surface area contributed by atoms with Crippen LogP contribution in [0.15, 0.2) is 6.20 Å². The van der Waals surface area contributed by atoms with E-state index in [4.69, 9.17) is 0 Å². The second-order valence-corrected chi connectivity index (χ2v) is 5.38. The average molecular weight is 249 g/mol. The molecule has 0 bridgehead atoms. The monoisotopic (exact) mass is 249 g/mol. The highest BCUT2D eigenvalue weighted by atomic mass is 16.4. The first kappa shape index (κ1) is 11.7. The number of carbonyl (C=O) groups is 1. The molecular weight excluding hydrogens is 230 g/mol. The van der Waals surface area contributed by atoms with Crippen molar-refractivity contribution in [2.45, 2.75) is 38.1 Å². The van der Waals surface area contributed by atoms with Crippen LogP contribution in [0.25, 0.3) is 0 Å². The van der Waals surface area contributed by atoms with E-state index in [1.807, 2.05) is 4.57 Å². The third-order valence-corrected chi connectivity index (χ3v) is 4.02. The number of aliphatic carboxylic acids is 1. The number of rotatable bonds is 3. The van der Waals surface area contributed by atoms with E-state index in [0.29, 0.717) is 5.92 Å². The van der Waals surface area contributed by atoms with Crippen LogP contribution in [0.4, 0.5) is 0 Å². The SMILES string of the molecule is O=C(O)C1CCCn2cc(CC3CCNC3)nc21. The first-order valence-corrected chi connectivity index (χ1v) is 6.73. The standard InChI is InChI=1S/C13H19N3O2/c17-13(18)11-2-1-5-16-8-10(15-12(11)16)6-9-3-4-14-7-9/h8-9,11,14H,1-7H2,(H,17,18). The molecule has 18 heavy (non-hydrogen) atoms. The summed E-state index contributed by atoms with van der Waals surface area (Å²) in [6.07, 6.45) is 5.88. The Morgan fingerprint density at radius 2 is 2.44 bits per heavy atom. The van der Waals surface area contributed by atoms with Crippen LogP contribution in [-0.2, 0) is 17.8 Å². The van der Waals surface area contributed by atoms with Crippen LogP contribution in [0.5, 0.6) is 0 Å². The largest absolute Gasteiger partial charge is 0.481 e. The van der Waals surface area contributed by atoms with Gasteiger partial charge in [0.25, 0.3) is 0 Å². The van der Waals surface area contributed by atoms with E-state index in [1.54, 1.807) is 0 Å². The lowest BCUT2D eigenvalue weighted by Crippen LogP contribution is -2.22. The van der Waals surface area contributed by atoms with Gasteiger partial charge >= 0.3 is 5.97 Å². The van der Waals surface area contributed by atoms with Gasteiger partial charge in [-0.05, 0) is 44.7 Å². The molecule has 5 nitrogen and oxygen atoms in total. The minimum Gasteiger partial charge on any atom is -0.481 e. The van der Waals surface area contributed by atoms with Crippen LogP contribution >= 0.6 is 0 Å². The molecule has 2 aliphatic rings. The summed E-state index contributed by atoms with van der Waals surface area (Å²) < 4.78 is 2.04. The summed E-state index contributed by atoms with van der Waals surface area (Å²) in [5.74, 6) is 0.268. The summed E-state index contributed by atoms with van der Waals surface area (Å²) >= 11 is 0. The number of hydrogen-bond acceptors (Lipinski definition) is 3. The zero-order valence-corrected chi connectivity index (χ0v) is 10.4. The molecule has 0 spiro atoms. The smallest absolute Gasteiger partial charge is 0.314 e. The van der Waals surface area contributed by atoms with Crippen molar-refractivity contribution in [2.24, 2.45) is 5.92 Å². The van der Waals surface area contributed by atoms with Gasteiger partial charge in [-0.3, -0.25) is 4.79 Å². The first-order chi connectivity index (χ1) is 8.74. The molecule has 98 valence electrons. The van der Waals surface area contributed by atoms with Gasteiger partial charge < -0.3 is 15.0 Å². The second kappa shape index (κ2) is 4.72. The van der Waals surface area contributed by atoms with Crippen molar-refractivity contribution >= 4 is 5.97 Å². The lowest BCUT2D eigenvalue weighted by atomic mass is 9.99. The van der Waals surface area contributed by atoms with Crippen molar-refractivity contribution in [2.75, 3.05) is 13.1 Å². The Hall–Kier alpha value is -1.36. The summed E-state index contributed by atoms with van der Waals surface area (Å²) in [6, 6.07) is 0. The predicted molar refractivity (Wildman–Crippen MR) is 66.5 cm³/mol. The Balaban J connectivity index is 1.79.